The Hall–Kier alpha value is -4.09. The summed E-state index contributed by atoms with van der Waals surface area (Å²) in [6.45, 7) is 5.53. The number of nitro benzene ring substituents is 1. The number of aryl methyl sites for hydroxylation is 2. The van der Waals surface area contributed by atoms with Gasteiger partial charge in [0, 0.05) is 50.8 Å². The lowest BCUT2D eigenvalue weighted by Gasteiger charge is -2.14. The molecule has 0 aliphatic carbocycles. The summed E-state index contributed by atoms with van der Waals surface area (Å²) in [6.07, 6.45) is 1.45. The maximum absolute atomic E-state index is 13.7. The van der Waals surface area contributed by atoms with Crippen molar-refractivity contribution >= 4 is 16.9 Å². The van der Waals surface area contributed by atoms with Crippen LogP contribution in [0.3, 0.4) is 0 Å². The Bertz CT molecular complexity index is 1570. The maximum Gasteiger partial charge on any atom is 0.332 e. The highest BCUT2D eigenvalue weighted by molar-refractivity contribution is 5.71. The smallest absolute Gasteiger partial charge is 0.332 e. The van der Waals surface area contributed by atoms with Gasteiger partial charge < -0.3 is 15.0 Å². The van der Waals surface area contributed by atoms with Gasteiger partial charge in [-0.2, -0.15) is 0 Å². The average Bonchev–Trinajstić information content (AvgIpc) is 3.31. The first kappa shape index (κ1) is 28.9. The number of fused-ring (bicyclic) bond motifs is 1. The number of aliphatic hydroxyl groups excluding tert-OH is 1. The number of hydrogen-bond acceptors (Lipinski definition) is 7. The first-order valence-electron chi connectivity index (χ1n) is 13.7. The second-order valence-corrected chi connectivity index (χ2v) is 9.81. The Labute approximate surface area is 231 Å². The number of nitrogens with zero attached hydrogens (tertiary/aromatic N) is 5. The highest BCUT2D eigenvalue weighted by Gasteiger charge is 2.22. The Morgan fingerprint density at radius 3 is 2.40 bits per heavy atom. The number of benzene rings is 2. The summed E-state index contributed by atoms with van der Waals surface area (Å²) in [6, 6.07) is 16.2. The fraction of sp³-hybridized carbons (Fsp3) is 0.414. The van der Waals surface area contributed by atoms with Crippen LogP contribution in [0, 0.1) is 10.1 Å². The summed E-state index contributed by atoms with van der Waals surface area (Å²) in [4.78, 5) is 43.3. The van der Waals surface area contributed by atoms with Crippen LogP contribution in [0.1, 0.15) is 43.6 Å². The van der Waals surface area contributed by atoms with E-state index in [0.717, 1.165) is 5.56 Å². The largest absolute Gasteiger partial charge is 0.392 e. The van der Waals surface area contributed by atoms with Crippen molar-refractivity contribution in [2.75, 3.05) is 13.1 Å². The zero-order chi connectivity index (χ0) is 28.6. The summed E-state index contributed by atoms with van der Waals surface area (Å²) >= 11 is 0. The minimum Gasteiger partial charge on any atom is -0.392 e. The van der Waals surface area contributed by atoms with E-state index in [1.165, 1.54) is 15.2 Å². The van der Waals surface area contributed by atoms with Gasteiger partial charge in [-0.1, -0.05) is 62.4 Å². The second kappa shape index (κ2) is 13.3. The summed E-state index contributed by atoms with van der Waals surface area (Å²) in [5, 5.41) is 24.7. The topological polar surface area (TPSA) is 137 Å². The van der Waals surface area contributed by atoms with E-state index in [1.54, 1.807) is 18.2 Å². The number of nitro groups is 1. The van der Waals surface area contributed by atoms with Gasteiger partial charge in [-0.05, 0) is 24.8 Å². The highest BCUT2D eigenvalue weighted by atomic mass is 16.6. The first-order valence-corrected chi connectivity index (χ1v) is 13.7. The Balaban J connectivity index is 1.82. The van der Waals surface area contributed by atoms with E-state index in [9.17, 15) is 24.8 Å². The Kier molecular flexibility index (Phi) is 9.62. The number of rotatable bonds is 14. The van der Waals surface area contributed by atoms with Gasteiger partial charge in [0.2, 0.25) is 0 Å². The predicted molar refractivity (Wildman–Crippen MR) is 154 cm³/mol. The van der Waals surface area contributed by atoms with Gasteiger partial charge >= 0.3 is 5.69 Å². The van der Waals surface area contributed by atoms with E-state index in [1.807, 2.05) is 48.7 Å². The van der Waals surface area contributed by atoms with Crippen LogP contribution in [-0.4, -0.2) is 47.9 Å². The zero-order valence-electron chi connectivity index (χ0n) is 23.0. The SMILES string of the molecule is CCCn1c(=O)c2c(nc(Cc3ccccc3)n2CCNCC(O)CC)n(CCc2ccccc2[N+](=O)[O-])c1=O. The fourth-order valence-corrected chi connectivity index (χ4v) is 4.85. The predicted octanol–water partition coefficient (Wildman–Crippen LogP) is 2.87. The quantitative estimate of drug-likeness (QED) is 0.140. The van der Waals surface area contributed by atoms with Crippen LogP contribution in [0.15, 0.2) is 64.2 Å². The summed E-state index contributed by atoms with van der Waals surface area (Å²) in [5.74, 6) is 0.643. The molecule has 0 aliphatic rings. The molecule has 0 bridgehead atoms. The van der Waals surface area contributed by atoms with E-state index >= 15 is 0 Å². The van der Waals surface area contributed by atoms with Crippen LogP contribution in [0.2, 0.25) is 0 Å². The standard InChI is InChI=1S/C29H36N6O5/c1-3-16-34-28(37)26-27(33(29(34)38)17-14-22-12-8-9-13-24(22)35(39)40)31-25(19-21-10-6-5-7-11-21)32(26)18-15-30-20-23(36)4-2/h5-13,23,30,36H,3-4,14-20H2,1-2H3. The lowest BCUT2D eigenvalue weighted by atomic mass is 10.1. The van der Waals surface area contributed by atoms with Gasteiger partial charge in [-0.3, -0.25) is 24.0 Å². The molecule has 0 spiro atoms. The van der Waals surface area contributed by atoms with E-state index in [0.29, 0.717) is 55.8 Å². The van der Waals surface area contributed by atoms with Crippen molar-refractivity contribution in [2.24, 2.45) is 0 Å². The minimum absolute atomic E-state index is 0.00990. The van der Waals surface area contributed by atoms with E-state index in [-0.39, 0.29) is 30.8 Å². The molecule has 11 nitrogen and oxygen atoms in total. The molecule has 2 N–H and O–H groups in total. The van der Waals surface area contributed by atoms with Crippen molar-refractivity contribution in [2.45, 2.75) is 65.3 Å². The average molecular weight is 549 g/mol. The molecule has 2 aromatic heterocycles. The zero-order valence-corrected chi connectivity index (χ0v) is 23.0. The number of aliphatic hydroxyl groups is 1. The third-order valence-electron chi connectivity index (χ3n) is 7.00. The number of nitrogens with one attached hydrogen (secondary N) is 1. The van der Waals surface area contributed by atoms with Crippen molar-refractivity contribution in [1.29, 1.82) is 0 Å². The number of imidazole rings is 1. The molecule has 0 saturated heterocycles. The molecular weight excluding hydrogens is 512 g/mol. The summed E-state index contributed by atoms with van der Waals surface area (Å²) in [5.41, 5.74) is 1.24. The lowest BCUT2D eigenvalue weighted by molar-refractivity contribution is -0.385. The molecule has 0 amide bonds. The van der Waals surface area contributed by atoms with Crippen molar-refractivity contribution in [3.05, 3.63) is 103 Å². The van der Waals surface area contributed by atoms with Crippen molar-refractivity contribution in [1.82, 2.24) is 24.0 Å². The van der Waals surface area contributed by atoms with Crippen LogP contribution in [-0.2, 0) is 32.5 Å². The number of para-hydroxylation sites is 1. The van der Waals surface area contributed by atoms with Crippen molar-refractivity contribution in [3.63, 3.8) is 0 Å². The van der Waals surface area contributed by atoms with Gasteiger partial charge in [0.1, 0.15) is 5.82 Å². The van der Waals surface area contributed by atoms with Crippen LogP contribution < -0.4 is 16.6 Å². The fourth-order valence-electron chi connectivity index (χ4n) is 4.85. The molecule has 0 fully saturated rings. The molecule has 11 heteroatoms. The molecular formula is C29H36N6O5. The second-order valence-electron chi connectivity index (χ2n) is 9.81. The van der Waals surface area contributed by atoms with Gasteiger partial charge in [-0.25, -0.2) is 9.78 Å². The van der Waals surface area contributed by atoms with Crippen molar-refractivity contribution < 1.29 is 10.0 Å². The number of hydrogen-bond donors (Lipinski definition) is 2. The summed E-state index contributed by atoms with van der Waals surface area (Å²) < 4.78 is 4.58. The number of aromatic nitrogens is 4. The normalized spacial score (nSPS) is 12.2. The van der Waals surface area contributed by atoms with Crippen molar-refractivity contribution in [3.8, 4) is 0 Å². The molecule has 0 saturated carbocycles. The maximum atomic E-state index is 13.7. The highest BCUT2D eigenvalue weighted by Crippen LogP contribution is 2.20. The van der Waals surface area contributed by atoms with Crippen LogP contribution in [0.4, 0.5) is 5.69 Å². The van der Waals surface area contributed by atoms with E-state index in [4.69, 9.17) is 4.98 Å². The van der Waals surface area contributed by atoms with E-state index < -0.39 is 22.3 Å². The van der Waals surface area contributed by atoms with Gasteiger partial charge in [0.05, 0.1) is 11.0 Å². The molecule has 2 aromatic carbocycles. The Morgan fingerprint density at radius 2 is 1.70 bits per heavy atom. The summed E-state index contributed by atoms with van der Waals surface area (Å²) in [7, 11) is 0. The van der Waals surface area contributed by atoms with E-state index in [2.05, 4.69) is 5.32 Å². The molecule has 40 heavy (non-hydrogen) atoms. The minimum atomic E-state index is -0.474. The molecule has 4 aromatic rings. The molecule has 1 atom stereocenters. The van der Waals surface area contributed by atoms with Crippen LogP contribution >= 0.6 is 0 Å². The molecule has 0 aliphatic heterocycles. The van der Waals surface area contributed by atoms with Gasteiger partial charge in [0.15, 0.2) is 11.2 Å². The van der Waals surface area contributed by atoms with Gasteiger partial charge in [0.25, 0.3) is 11.2 Å². The monoisotopic (exact) mass is 548 g/mol. The molecule has 212 valence electrons. The molecule has 0 radical (unpaired) electrons. The van der Waals surface area contributed by atoms with Gasteiger partial charge in [-0.15, -0.1) is 0 Å². The molecule has 2 heterocycles. The lowest BCUT2D eigenvalue weighted by Crippen LogP contribution is -2.41. The van der Waals surface area contributed by atoms with Crippen LogP contribution in [0.25, 0.3) is 11.2 Å². The first-order chi connectivity index (χ1) is 19.3. The van der Waals surface area contributed by atoms with Crippen LogP contribution in [0.5, 0.6) is 0 Å². The molecule has 1 unspecified atom stereocenters. The third kappa shape index (κ3) is 6.37. The Morgan fingerprint density at radius 1 is 0.975 bits per heavy atom. The molecule has 4 rings (SSSR count). The third-order valence-corrected chi connectivity index (χ3v) is 7.00.